The van der Waals surface area contributed by atoms with Crippen molar-refractivity contribution in [2.45, 2.75) is 25.3 Å². The zero-order valence-corrected chi connectivity index (χ0v) is 9.20. The van der Waals surface area contributed by atoms with Crippen LogP contribution in [0.25, 0.3) is 0 Å². The van der Waals surface area contributed by atoms with Crippen LogP contribution in [0.5, 0.6) is 0 Å². The lowest BCUT2D eigenvalue weighted by molar-refractivity contribution is -0.120. The zero-order valence-electron chi connectivity index (χ0n) is 9.20. The number of likely N-dealkylation sites (tertiary alicyclic amines) is 1. The van der Waals surface area contributed by atoms with Crippen molar-refractivity contribution >= 4 is 5.91 Å². The Kier molecular flexibility index (Phi) is 4.35. The molecule has 0 saturated carbocycles. The van der Waals surface area contributed by atoms with Crippen LogP contribution in [0.1, 0.15) is 19.3 Å². The van der Waals surface area contributed by atoms with Crippen LogP contribution < -0.4 is 5.73 Å². The molecule has 2 N–H and O–H groups in total. The number of hydrogen-bond acceptors (Lipinski definition) is 3. The second-order valence-electron chi connectivity index (χ2n) is 4.35. The maximum atomic E-state index is 10.9. The highest BCUT2D eigenvalue weighted by atomic mass is 16.1. The van der Waals surface area contributed by atoms with Gasteiger partial charge in [0.05, 0.1) is 6.54 Å². The number of carbonyl (C=O) groups excluding carboxylic acids is 1. The number of likely N-dealkylation sites (N-methyl/N-ethyl adjacent to an activating group) is 1. The van der Waals surface area contributed by atoms with E-state index in [2.05, 4.69) is 23.9 Å². The number of nitrogens with two attached hydrogens (primary N) is 1. The molecule has 4 heteroatoms. The first-order valence-electron chi connectivity index (χ1n) is 5.26. The van der Waals surface area contributed by atoms with E-state index >= 15 is 0 Å². The van der Waals surface area contributed by atoms with E-state index in [0.29, 0.717) is 12.6 Å². The third-order valence-corrected chi connectivity index (χ3v) is 2.68. The smallest absolute Gasteiger partial charge is 0.231 e. The summed E-state index contributed by atoms with van der Waals surface area (Å²) in [6.07, 6.45) is 3.65. The predicted molar refractivity (Wildman–Crippen MR) is 57.0 cm³/mol. The van der Waals surface area contributed by atoms with Crippen LogP contribution in [-0.4, -0.2) is 55.5 Å². The van der Waals surface area contributed by atoms with Gasteiger partial charge in [-0.15, -0.1) is 0 Å². The zero-order chi connectivity index (χ0) is 10.6. The van der Waals surface area contributed by atoms with Gasteiger partial charge in [0.15, 0.2) is 0 Å². The van der Waals surface area contributed by atoms with Gasteiger partial charge in [-0.1, -0.05) is 6.42 Å². The molecule has 0 aromatic rings. The molecule has 1 amide bonds. The van der Waals surface area contributed by atoms with Gasteiger partial charge in [0.1, 0.15) is 0 Å². The van der Waals surface area contributed by atoms with Crippen molar-refractivity contribution < 1.29 is 4.79 Å². The van der Waals surface area contributed by atoms with E-state index < -0.39 is 0 Å². The summed E-state index contributed by atoms with van der Waals surface area (Å²) in [5, 5.41) is 0. The topological polar surface area (TPSA) is 49.6 Å². The fourth-order valence-corrected chi connectivity index (χ4v) is 2.10. The average molecular weight is 199 g/mol. The second-order valence-corrected chi connectivity index (χ2v) is 4.35. The quantitative estimate of drug-likeness (QED) is 0.687. The number of carbonyl (C=O) groups is 1. The van der Waals surface area contributed by atoms with Crippen LogP contribution in [0.15, 0.2) is 0 Å². The Labute approximate surface area is 86.0 Å². The van der Waals surface area contributed by atoms with Crippen LogP contribution in [0, 0.1) is 0 Å². The molecule has 1 aliphatic heterocycles. The first kappa shape index (κ1) is 11.5. The number of amides is 1. The molecule has 0 aliphatic carbocycles. The van der Waals surface area contributed by atoms with E-state index in [4.69, 9.17) is 5.73 Å². The summed E-state index contributed by atoms with van der Waals surface area (Å²) in [6.45, 7) is 2.45. The second kappa shape index (κ2) is 5.32. The number of primary amides is 1. The molecule has 1 aliphatic rings. The standard InChI is InChI=1S/C10H21N3O/c1-12(2)7-9-5-3-4-6-13(9)8-10(11)14/h9H,3-8H2,1-2H3,(H2,11,14). The first-order chi connectivity index (χ1) is 6.59. The molecule has 0 spiro atoms. The van der Waals surface area contributed by atoms with E-state index in [1.807, 2.05) is 0 Å². The van der Waals surface area contributed by atoms with Gasteiger partial charge < -0.3 is 10.6 Å². The van der Waals surface area contributed by atoms with Crippen LogP contribution in [0.4, 0.5) is 0 Å². The molecular formula is C10H21N3O. The van der Waals surface area contributed by atoms with Crippen LogP contribution in [0.2, 0.25) is 0 Å². The normalized spacial score (nSPS) is 24.1. The summed E-state index contributed by atoms with van der Waals surface area (Å²) in [6, 6.07) is 0.506. The van der Waals surface area contributed by atoms with Gasteiger partial charge in [-0.05, 0) is 33.5 Å². The largest absolute Gasteiger partial charge is 0.369 e. The van der Waals surface area contributed by atoms with Crippen LogP contribution >= 0.6 is 0 Å². The average Bonchev–Trinajstić information content (AvgIpc) is 2.06. The lowest BCUT2D eigenvalue weighted by Gasteiger charge is -2.36. The Hall–Kier alpha value is -0.610. The molecule has 0 bridgehead atoms. The maximum Gasteiger partial charge on any atom is 0.231 e. The van der Waals surface area contributed by atoms with E-state index in [9.17, 15) is 4.79 Å². The van der Waals surface area contributed by atoms with Gasteiger partial charge in [-0.2, -0.15) is 0 Å². The minimum absolute atomic E-state index is 0.212. The Morgan fingerprint density at radius 1 is 1.50 bits per heavy atom. The fraction of sp³-hybridized carbons (Fsp3) is 0.900. The van der Waals surface area contributed by atoms with Crippen molar-refractivity contribution in [1.29, 1.82) is 0 Å². The Balaban J connectivity index is 2.45. The SMILES string of the molecule is CN(C)CC1CCCCN1CC(N)=O. The number of hydrogen-bond donors (Lipinski definition) is 1. The van der Waals surface area contributed by atoms with Gasteiger partial charge in [0.2, 0.25) is 5.91 Å². The molecule has 1 fully saturated rings. The van der Waals surface area contributed by atoms with Gasteiger partial charge in [-0.3, -0.25) is 9.69 Å². The van der Waals surface area contributed by atoms with Crippen molar-refractivity contribution in [2.75, 3.05) is 33.7 Å². The van der Waals surface area contributed by atoms with Crippen LogP contribution in [-0.2, 0) is 4.79 Å². The summed E-state index contributed by atoms with van der Waals surface area (Å²) in [7, 11) is 4.13. The highest BCUT2D eigenvalue weighted by Crippen LogP contribution is 2.16. The summed E-state index contributed by atoms with van der Waals surface area (Å²) < 4.78 is 0. The molecule has 1 saturated heterocycles. The van der Waals surface area contributed by atoms with Gasteiger partial charge in [0.25, 0.3) is 0 Å². The van der Waals surface area contributed by atoms with E-state index in [1.165, 1.54) is 19.3 Å². The lowest BCUT2D eigenvalue weighted by Crippen LogP contribution is -2.48. The Morgan fingerprint density at radius 2 is 2.21 bits per heavy atom. The Morgan fingerprint density at radius 3 is 2.79 bits per heavy atom. The molecule has 0 aromatic carbocycles. The minimum Gasteiger partial charge on any atom is -0.369 e. The molecule has 14 heavy (non-hydrogen) atoms. The van der Waals surface area contributed by atoms with E-state index in [1.54, 1.807) is 0 Å². The highest BCUT2D eigenvalue weighted by molar-refractivity contribution is 5.75. The number of nitrogens with zero attached hydrogens (tertiary/aromatic N) is 2. The van der Waals surface area contributed by atoms with Crippen molar-refractivity contribution in [3.05, 3.63) is 0 Å². The summed E-state index contributed by atoms with van der Waals surface area (Å²) in [4.78, 5) is 15.3. The monoisotopic (exact) mass is 199 g/mol. The molecule has 4 nitrogen and oxygen atoms in total. The van der Waals surface area contributed by atoms with Gasteiger partial charge >= 0.3 is 0 Å². The molecule has 1 heterocycles. The maximum absolute atomic E-state index is 10.9. The molecule has 1 rings (SSSR count). The molecule has 0 aromatic heterocycles. The van der Waals surface area contributed by atoms with Crippen molar-refractivity contribution in [3.63, 3.8) is 0 Å². The predicted octanol–water partition coefficient (Wildman–Crippen LogP) is -0.112. The first-order valence-corrected chi connectivity index (χ1v) is 5.26. The number of rotatable bonds is 4. The molecule has 1 atom stereocenters. The third-order valence-electron chi connectivity index (χ3n) is 2.68. The minimum atomic E-state index is -0.212. The number of piperidine rings is 1. The van der Waals surface area contributed by atoms with Gasteiger partial charge in [0, 0.05) is 12.6 Å². The molecule has 82 valence electrons. The van der Waals surface area contributed by atoms with Crippen LogP contribution in [0.3, 0.4) is 0 Å². The summed E-state index contributed by atoms with van der Waals surface area (Å²) >= 11 is 0. The van der Waals surface area contributed by atoms with Gasteiger partial charge in [-0.25, -0.2) is 0 Å². The van der Waals surface area contributed by atoms with E-state index in [0.717, 1.165) is 13.1 Å². The molecule has 1 unspecified atom stereocenters. The fourth-order valence-electron chi connectivity index (χ4n) is 2.10. The van der Waals surface area contributed by atoms with E-state index in [-0.39, 0.29) is 5.91 Å². The van der Waals surface area contributed by atoms with Crippen molar-refractivity contribution in [3.8, 4) is 0 Å². The summed E-state index contributed by atoms with van der Waals surface area (Å²) in [5.41, 5.74) is 5.22. The van der Waals surface area contributed by atoms with Crippen molar-refractivity contribution in [1.82, 2.24) is 9.80 Å². The lowest BCUT2D eigenvalue weighted by atomic mass is 10.0. The third kappa shape index (κ3) is 3.64. The Bertz CT molecular complexity index is 194. The molecular weight excluding hydrogens is 178 g/mol. The van der Waals surface area contributed by atoms with Crippen molar-refractivity contribution in [2.24, 2.45) is 5.73 Å². The molecule has 0 radical (unpaired) electrons. The summed E-state index contributed by atoms with van der Waals surface area (Å²) in [5.74, 6) is -0.212. The highest BCUT2D eigenvalue weighted by Gasteiger charge is 2.23.